The number of morpholine rings is 1. The smallest absolute Gasteiger partial charge is 0.318 e. The molecule has 2 fully saturated rings. The standard InChI is InChI=1S/C25H33N3O5S/c1-3-23(20-6-8-21(9-7-20)27-12-4-5-13-27)25(29)33-24-11-10-22(18-19(24)2)34(30,31)26-28-14-16-32-17-15-28/h6-11,18,23,26H,3-5,12-17H2,1-2H3. The van der Waals surface area contributed by atoms with Crippen molar-refractivity contribution in [3.05, 3.63) is 53.6 Å². The molecule has 1 unspecified atom stereocenters. The maximum Gasteiger partial charge on any atom is 0.318 e. The minimum Gasteiger partial charge on any atom is -0.426 e. The summed E-state index contributed by atoms with van der Waals surface area (Å²) in [7, 11) is -3.73. The Hall–Kier alpha value is -2.46. The van der Waals surface area contributed by atoms with Gasteiger partial charge in [0.25, 0.3) is 10.0 Å². The first-order valence-electron chi connectivity index (χ1n) is 11.9. The van der Waals surface area contributed by atoms with Crippen LogP contribution in [0.5, 0.6) is 5.75 Å². The average molecular weight is 488 g/mol. The highest BCUT2D eigenvalue weighted by atomic mass is 32.2. The van der Waals surface area contributed by atoms with Crippen molar-refractivity contribution < 1.29 is 22.7 Å². The van der Waals surface area contributed by atoms with Gasteiger partial charge in [0.15, 0.2) is 0 Å². The Labute approximate surface area is 201 Å². The van der Waals surface area contributed by atoms with E-state index in [1.165, 1.54) is 30.7 Å². The summed E-state index contributed by atoms with van der Waals surface area (Å²) in [4.78, 5) is 18.1. The highest BCUT2D eigenvalue weighted by Crippen LogP contribution is 2.28. The number of nitrogens with zero attached hydrogens (tertiary/aromatic N) is 2. The number of ether oxygens (including phenoxy) is 2. The Kier molecular flexibility index (Phi) is 7.88. The van der Waals surface area contributed by atoms with Crippen molar-refractivity contribution in [1.82, 2.24) is 9.84 Å². The van der Waals surface area contributed by atoms with E-state index < -0.39 is 15.9 Å². The largest absolute Gasteiger partial charge is 0.426 e. The molecule has 184 valence electrons. The first-order chi connectivity index (χ1) is 16.4. The summed E-state index contributed by atoms with van der Waals surface area (Å²) in [6.07, 6.45) is 3.04. The van der Waals surface area contributed by atoms with Gasteiger partial charge in [0, 0.05) is 31.9 Å². The van der Waals surface area contributed by atoms with Gasteiger partial charge in [-0.3, -0.25) is 4.79 Å². The predicted octanol–water partition coefficient (Wildman–Crippen LogP) is 3.22. The fourth-order valence-electron chi connectivity index (χ4n) is 4.39. The first kappa shape index (κ1) is 24.7. The minimum absolute atomic E-state index is 0.126. The molecule has 1 atom stereocenters. The van der Waals surface area contributed by atoms with Gasteiger partial charge in [0.2, 0.25) is 0 Å². The van der Waals surface area contributed by atoms with Crippen LogP contribution in [-0.4, -0.2) is 58.8 Å². The van der Waals surface area contributed by atoms with Crippen LogP contribution in [0.15, 0.2) is 47.4 Å². The molecule has 2 aromatic carbocycles. The van der Waals surface area contributed by atoms with Crippen LogP contribution in [0.2, 0.25) is 0 Å². The number of aryl methyl sites for hydroxylation is 1. The van der Waals surface area contributed by atoms with Crippen LogP contribution in [0.25, 0.3) is 0 Å². The van der Waals surface area contributed by atoms with Crippen LogP contribution < -0.4 is 14.5 Å². The van der Waals surface area contributed by atoms with E-state index in [1.54, 1.807) is 18.0 Å². The van der Waals surface area contributed by atoms with Gasteiger partial charge >= 0.3 is 5.97 Å². The molecule has 1 N–H and O–H groups in total. The van der Waals surface area contributed by atoms with Crippen LogP contribution in [0, 0.1) is 6.92 Å². The van der Waals surface area contributed by atoms with Gasteiger partial charge in [-0.05, 0) is 67.6 Å². The second-order valence-corrected chi connectivity index (χ2v) is 10.4. The van der Waals surface area contributed by atoms with Gasteiger partial charge in [-0.25, -0.2) is 13.4 Å². The zero-order valence-electron chi connectivity index (χ0n) is 19.8. The number of hydrogen-bond donors (Lipinski definition) is 1. The van der Waals surface area contributed by atoms with Gasteiger partial charge in [-0.15, -0.1) is 4.83 Å². The van der Waals surface area contributed by atoms with Crippen LogP contribution in [-0.2, 0) is 19.6 Å². The van der Waals surface area contributed by atoms with Gasteiger partial charge in [-0.1, -0.05) is 19.1 Å². The third kappa shape index (κ3) is 5.78. The maximum absolute atomic E-state index is 13.0. The molecule has 2 aliphatic heterocycles. The first-order valence-corrected chi connectivity index (χ1v) is 13.4. The summed E-state index contributed by atoms with van der Waals surface area (Å²) in [5.74, 6) is -0.373. The molecular formula is C25H33N3O5S. The second kappa shape index (κ2) is 10.9. The topological polar surface area (TPSA) is 88.2 Å². The fraction of sp³-hybridized carbons (Fsp3) is 0.480. The molecule has 9 heteroatoms. The summed E-state index contributed by atoms with van der Waals surface area (Å²) in [6, 6.07) is 12.7. The lowest BCUT2D eigenvalue weighted by Gasteiger charge is -2.26. The molecule has 0 radical (unpaired) electrons. The van der Waals surface area contributed by atoms with Crippen molar-refractivity contribution in [2.24, 2.45) is 0 Å². The lowest BCUT2D eigenvalue weighted by Crippen LogP contribution is -2.48. The van der Waals surface area contributed by atoms with E-state index in [-0.39, 0.29) is 10.9 Å². The molecule has 2 heterocycles. The minimum atomic E-state index is -3.73. The number of nitrogens with one attached hydrogen (secondary N) is 1. The molecule has 0 bridgehead atoms. The normalized spacial score (nSPS) is 18.1. The Morgan fingerprint density at radius 3 is 2.35 bits per heavy atom. The van der Waals surface area contributed by atoms with Crippen molar-refractivity contribution in [2.45, 2.75) is 43.9 Å². The second-order valence-electron chi connectivity index (χ2n) is 8.79. The highest BCUT2D eigenvalue weighted by molar-refractivity contribution is 7.89. The van der Waals surface area contributed by atoms with Crippen molar-refractivity contribution >= 4 is 21.7 Å². The summed E-state index contributed by atoms with van der Waals surface area (Å²) >= 11 is 0. The quantitative estimate of drug-likeness (QED) is 0.452. The number of esters is 1. The van der Waals surface area contributed by atoms with E-state index in [4.69, 9.17) is 9.47 Å². The van der Waals surface area contributed by atoms with E-state index in [0.717, 1.165) is 18.7 Å². The molecule has 2 aromatic rings. The van der Waals surface area contributed by atoms with Crippen LogP contribution >= 0.6 is 0 Å². The molecule has 34 heavy (non-hydrogen) atoms. The van der Waals surface area contributed by atoms with Crippen LogP contribution in [0.1, 0.15) is 43.2 Å². The van der Waals surface area contributed by atoms with Gasteiger partial charge in [0.1, 0.15) is 5.75 Å². The molecular weight excluding hydrogens is 454 g/mol. The molecule has 2 aliphatic rings. The molecule has 0 amide bonds. The number of carbonyl (C=O) groups excluding carboxylic acids is 1. The van der Waals surface area contributed by atoms with Crippen LogP contribution in [0.4, 0.5) is 5.69 Å². The third-order valence-electron chi connectivity index (χ3n) is 6.39. The number of anilines is 1. The SMILES string of the molecule is CCC(C(=O)Oc1ccc(S(=O)(=O)NN2CCOCC2)cc1C)c1ccc(N2CCCC2)cc1. The van der Waals surface area contributed by atoms with E-state index in [0.29, 0.717) is 44.0 Å². The van der Waals surface area contributed by atoms with E-state index in [2.05, 4.69) is 21.9 Å². The van der Waals surface area contributed by atoms with Crippen molar-refractivity contribution in [3.8, 4) is 5.75 Å². The van der Waals surface area contributed by atoms with Crippen molar-refractivity contribution in [3.63, 3.8) is 0 Å². The summed E-state index contributed by atoms with van der Waals surface area (Å²) in [5, 5.41) is 1.63. The lowest BCUT2D eigenvalue weighted by molar-refractivity contribution is -0.136. The van der Waals surface area contributed by atoms with Gasteiger partial charge in [-0.2, -0.15) is 0 Å². The van der Waals surface area contributed by atoms with Crippen LogP contribution in [0.3, 0.4) is 0 Å². The Balaban J connectivity index is 1.43. The lowest BCUT2D eigenvalue weighted by atomic mass is 9.96. The van der Waals surface area contributed by atoms with E-state index in [1.807, 2.05) is 19.1 Å². The van der Waals surface area contributed by atoms with Gasteiger partial charge in [0.05, 0.1) is 24.0 Å². The maximum atomic E-state index is 13.0. The Bertz CT molecular complexity index is 1090. The number of hydrogen-bond acceptors (Lipinski definition) is 7. The summed E-state index contributed by atoms with van der Waals surface area (Å²) in [6.45, 7) is 7.79. The fourth-order valence-corrected chi connectivity index (χ4v) is 5.60. The zero-order chi connectivity index (χ0) is 24.1. The zero-order valence-corrected chi connectivity index (χ0v) is 20.6. The molecule has 0 aromatic heterocycles. The molecule has 8 nitrogen and oxygen atoms in total. The van der Waals surface area contributed by atoms with E-state index in [9.17, 15) is 13.2 Å². The van der Waals surface area contributed by atoms with E-state index >= 15 is 0 Å². The summed E-state index contributed by atoms with van der Waals surface area (Å²) < 4.78 is 36.5. The Morgan fingerprint density at radius 2 is 1.74 bits per heavy atom. The van der Waals surface area contributed by atoms with Crippen molar-refractivity contribution in [1.29, 1.82) is 0 Å². The Morgan fingerprint density at radius 1 is 1.06 bits per heavy atom. The number of sulfonamides is 1. The molecule has 0 saturated carbocycles. The van der Waals surface area contributed by atoms with Gasteiger partial charge < -0.3 is 14.4 Å². The number of benzene rings is 2. The molecule has 0 spiro atoms. The number of hydrazine groups is 1. The predicted molar refractivity (Wildman–Crippen MR) is 130 cm³/mol. The number of carbonyl (C=O) groups is 1. The number of rotatable bonds is 8. The average Bonchev–Trinajstić information content (AvgIpc) is 3.37. The third-order valence-corrected chi connectivity index (χ3v) is 7.76. The highest BCUT2D eigenvalue weighted by Gasteiger charge is 2.24. The molecule has 4 rings (SSSR count). The van der Waals surface area contributed by atoms with Crippen molar-refractivity contribution in [2.75, 3.05) is 44.3 Å². The molecule has 2 saturated heterocycles. The summed E-state index contributed by atoms with van der Waals surface area (Å²) in [5.41, 5.74) is 2.68. The monoisotopic (exact) mass is 487 g/mol. The molecule has 0 aliphatic carbocycles.